The fourth-order valence-electron chi connectivity index (χ4n) is 2.07. The Morgan fingerprint density at radius 3 is 2.48 bits per heavy atom. The Bertz CT molecular complexity index is 763. The number of nitrogens with two attached hydrogens (primary N) is 1. The summed E-state index contributed by atoms with van der Waals surface area (Å²) in [6.07, 6.45) is 0.105. The van der Waals surface area contributed by atoms with Crippen LogP contribution in [0.4, 0.5) is 14.5 Å². The van der Waals surface area contributed by atoms with Gasteiger partial charge in [-0.3, -0.25) is 0 Å². The SMILES string of the molecule is Nc1cc(F)c(F)c(S(=O)(=O)N2CCCS(=O)(=O)CC2)c1. The largest absolute Gasteiger partial charge is 0.399 e. The predicted octanol–water partition coefficient (Wildman–Crippen LogP) is 0.356. The third-order valence-electron chi connectivity index (χ3n) is 3.15. The molecule has 1 aliphatic heterocycles. The molecule has 1 heterocycles. The van der Waals surface area contributed by atoms with Crippen molar-refractivity contribution in [1.82, 2.24) is 4.31 Å². The van der Waals surface area contributed by atoms with Gasteiger partial charge in [0.2, 0.25) is 10.0 Å². The number of nitrogen functional groups attached to an aromatic ring is 1. The van der Waals surface area contributed by atoms with Gasteiger partial charge in [0.1, 0.15) is 4.90 Å². The number of benzene rings is 1. The molecule has 0 atom stereocenters. The van der Waals surface area contributed by atoms with E-state index < -0.39 is 36.4 Å². The first-order valence-electron chi connectivity index (χ1n) is 6.08. The van der Waals surface area contributed by atoms with Gasteiger partial charge in [-0.15, -0.1) is 0 Å². The first-order valence-corrected chi connectivity index (χ1v) is 9.35. The highest BCUT2D eigenvalue weighted by Crippen LogP contribution is 2.25. The van der Waals surface area contributed by atoms with Crippen LogP contribution in [0.25, 0.3) is 0 Å². The van der Waals surface area contributed by atoms with Gasteiger partial charge >= 0.3 is 0 Å². The summed E-state index contributed by atoms with van der Waals surface area (Å²) in [5.41, 5.74) is 5.12. The Morgan fingerprint density at radius 1 is 1.14 bits per heavy atom. The summed E-state index contributed by atoms with van der Waals surface area (Å²) >= 11 is 0. The first kappa shape index (κ1) is 16.1. The van der Waals surface area contributed by atoms with E-state index in [1.165, 1.54) is 0 Å². The van der Waals surface area contributed by atoms with Gasteiger partial charge in [0.25, 0.3) is 0 Å². The molecule has 21 heavy (non-hydrogen) atoms. The minimum absolute atomic E-state index is 0.0720. The summed E-state index contributed by atoms with van der Waals surface area (Å²) in [5.74, 6) is -3.36. The van der Waals surface area contributed by atoms with Crippen molar-refractivity contribution >= 4 is 25.5 Å². The summed E-state index contributed by atoms with van der Waals surface area (Å²) in [7, 11) is -7.66. The van der Waals surface area contributed by atoms with Gasteiger partial charge in [0.15, 0.2) is 21.5 Å². The minimum atomic E-state index is -4.34. The Hall–Kier alpha value is -1.26. The normalized spacial score (nSPS) is 20.1. The molecule has 1 aromatic rings. The van der Waals surface area contributed by atoms with Crippen LogP contribution >= 0.6 is 0 Å². The Labute approximate surface area is 121 Å². The van der Waals surface area contributed by atoms with E-state index in [0.29, 0.717) is 6.07 Å². The van der Waals surface area contributed by atoms with Crippen molar-refractivity contribution in [3.63, 3.8) is 0 Å². The summed E-state index contributed by atoms with van der Waals surface area (Å²) in [6, 6.07) is 1.51. The summed E-state index contributed by atoms with van der Waals surface area (Å²) < 4.78 is 75.5. The number of nitrogens with zero attached hydrogens (tertiary/aromatic N) is 1. The van der Waals surface area contributed by atoms with Gasteiger partial charge in [-0.2, -0.15) is 4.31 Å². The molecule has 0 unspecified atom stereocenters. The number of sulfone groups is 1. The third-order valence-corrected chi connectivity index (χ3v) is 6.76. The van der Waals surface area contributed by atoms with Crippen molar-refractivity contribution in [1.29, 1.82) is 0 Å². The van der Waals surface area contributed by atoms with Crippen LogP contribution in [0.1, 0.15) is 6.42 Å². The quantitative estimate of drug-likeness (QED) is 0.784. The van der Waals surface area contributed by atoms with E-state index >= 15 is 0 Å². The summed E-state index contributed by atoms with van der Waals surface area (Å²) in [5, 5.41) is 0. The smallest absolute Gasteiger partial charge is 0.246 e. The lowest BCUT2D eigenvalue weighted by Crippen LogP contribution is -2.34. The van der Waals surface area contributed by atoms with Crippen molar-refractivity contribution in [3.8, 4) is 0 Å². The first-order chi connectivity index (χ1) is 9.63. The van der Waals surface area contributed by atoms with Gasteiger partial charge in [0, 0.05) is 18.8 Å². The lowest BCUT2D eigenvalue weighted by molar-refractivity contribution is 0.424. The number of anilines is 1. The number of hydrogen-bond acceptors (Lipinski definition) is 5. The topological polar surface area (TPSA) is 97.5 Å². The summed E-state index contributed by atoms with van der Waals surface area (Å²) in [6.45, 7) is -0.363. The molecule has 1 fully saturated rings. The van der Waals surface area contributed by atoms with E-state index in [-0.39, 0.29) is 36.7 Å². The van der Waals surface area contributed by atoms with E-state index in [1.54, 1.807) is 0 Å². The van der Waals surface area contributed by atoms with Crippen molar-refractivity contribution in [2.75, 3.05) is 30.3 Å². The van der Waals surface area contributed by atoms with Crippen LogP contribution in [0.3, 0.4) is 0 Å². The molecule has 2 rings (SSSR count). The molecule has 2 N–H and O–H groups in total. The van der Waals surface area contributed by atoms with Crippen LogP contribution in [0.5, 0.6) is 0 Å². The second kappa shape index (κ2) is 5.50. The molecule has 0 amide bonds. The van der Waals surface area contributed by atoms with Gasteiger partial charge in [-0.1, -0.05) is 0 Å². The number of hydrogen-bond donors (Lipinski definition) is 1. The van der Waals surface area contributed by atoms with Crippen LogP contribution in [0.15, 0.2) is 17.0 Å². The maximum atomic E-state index is 13.7. The van der Waals surface area contributed by atoms with E-state index in [0.717, 1.165) is 10.4 Å². The summed E-state index contributed by atoms with van der Waals surface area (Å²) in [4.78, 5) is -0.876. The van der Waals surface area contributed by atoms with Crippen molar-refractivity contribution in [2.24, 2.45) is 0 Å². The van der Waals surface area contributed by atoms with Crippen LogP contribution in [-0.2, 0) is 19.9 Å². The molecule has 0 spiro atoms. The van der Waals surface area contributed by atoms with Gasteiger partial charge in [0.05, 0.1) is 11.5 Å². The van der Waals surface area contributed by atoms with Crippen molar-refractivity contribution < 1.29 is 25.6 Å². The van der Waals surface area contributed by atoms with E-state index in [4.69, 9.17) is 5.73 Å². The predicted molar refractivity (Wildman–Crippen MR) is 72.8 cm³/mol. The second-order valence-electron chi connectivity index (χ2n) is 4.72. The molecule has 0 saturated carbocycles. The van der Waals surface area contributed by atoms with Gasteiger partial charge in [-0.05, 0) is 18.6 Å². The molecule has 10 heteroatoms. The molecular weight excluding hydrogens is 326 g/mol. The van der Waals surface area contributed by atoms with E-state index in [2.05, 4.69) is 0 Å². The molecule has 1 aromatic carbocycles. The average molecular weight is 340 g/mol. The second-order valence-corrected chi connectivity index (χ2v) is 8.93. The Kier molecular flexibility index (Phi) is 4.22. The zero-order valence-corrected chi connectivity index (χ0v) is 12.6. The van der Waals surface area contributed by atoms with Crippen molar-refractivity contribution in [2.45, 2.75) is 11.3 Å². The van der Waals surface area contributed by atoms with Crippen LogP contribution in [-0.4, -0.2) is 45.7 Å². The van der Waals surface area contributed by atoms with Gasteiger partial charge in [-0.25, -0.2) is 25.6 Å². The molecule has 0 bridgehead atoms. The molecule has 0 aromatic heterocycles. The maximum absolute atomic E-state index is 13.7. The molecule has 1 aliphatic rings. The molecule has 0 aliphatic carbocycles. The molecule has 118 valence electrons. The highest BCUT2D eigenvalue weighted by atomic mass is 32.2. The average Bonchev–Trinajstić information content (AvgIpc) is 2.55. The number of sulfonamides is 1. The monoisotopic (exact) mass is 340 g/mol. The molecule has 1 saturated heterocycles. The van der Waals surface area contributed by atoms with E-state index in [1.807, 2.05) is 0 Å². The third kappa shape index (κ3) is 3.33. The van der Waals surface area contributed by atoms with E-state index in [9.17, 15) is 25.6 Å². The minimum Gasteiger partial charge on any atom is -0.399 e. The zero-order valence-electron chi connectivity index (χ0n) is 10.9. The number of rotatable bonds is 2. The Balaban J connectivity index is 2.43. The standard InChI is InChI=1S/C11H14F2N2O4S2/c12-9-6-8(14)7-10(11(9)13)21(18,19)15-2-1-4-20(16,17)5-3-15/h6-7H,1-5,14H2. The fourth-order valence-corrected chi connectivity index (χ4v) is 5.04. The van der Waals surface area contributed by atoms with Crippen LogP contribution in [0.2, 0.25) is 0 Å². The Morgan fingerprint density at radius 2 is 1.81 bits per heavy atom. The van der Waals surface area contributed by atoms with Crippen LogP contribution < -0.4 is 5.73 Å². The highest BCUT2D eigenvalue weighted by Gasteiger charge is 2.32. The lowest BCUT2D eigenvalue weighted by atomic mass is 10.3. The zero-order chi connectivity index (χ0) is 15.8. The molecular formula is C11H14F2N2O4S2. The van der Waals surface area contributed by atoms with Gasteiger partial charge < -0.3 is 5.73 Å². The lowest BCUT2D eigenvalue weighted by Gasteiger charge is -2.20. The maximum Gasteiger partial charge on any atom is 0.246 e. The number of halogens is 2. The van der Waals surface area contributed by atoms with Crippen molar-refractivity contribution in [3.05, 3.63) is 23.8 Å². The fraction of sp³-hybridized carbons (Fsp3) is 0.455. The molecule has 0 radical (unpaired) electrons. The highest BCUT2D eigenvalue weighted by molar-refractivity contribution is 7.91. The molecule has 6 nitrogen and oxygen atoms in total. The van der Waals surface area contributed by atoms with Crippen LogP contribution in [0, 0.1) is 11.6 Å².